The lowest BCUT2D eigenvalue weighted by atomic mass is 9.96. The van der Waals surface area contributed by atoms with Crippen molar-refractivity contribution in [3.05, 3.63) is 24.3 Å². The second kappa shape index (κ2) is 8.63. The molecular weight excluding hydrogens is 280 g/mol. The standard InChI is InChI=1S/C17H26N2O3/c1-3-22-16-7-5-4-6-15(16)18-17(20)19(2)11-8-14-9-12-21-13-10-14/h4-7,14H,3,8-13H2,1-2H3,(H,18,20). The van der Waals surface area contributed by atoms with E-state index in [9.17, 15) is 4.79 Å². The summed E-state index contributed by atoms with van der Waals surface area (Å²) in [4.78, 5) is 14.0. The monoisotopic (exact) mass is 306 g/mol. The molecule has 0 aromatic heterocycles. The summed E-state index contributed by atoms with van der Waals surface area (Å²) in [5, 5.41) is 2.92. The second-order valence-corrected chi connectivity index (χ2v) is 5.63. The van der Waals surface area contributed by atoms with Gasteiger partial charge in [0.2, 0.25) is 0 Å². The number of nitrogens with one attached hydrogen (secondary N) is 1. The van der Waals surface area contributed by atoms with E-state index in [4.69, 9.17) is 9.47 Å². The molecule has 1 N–H and O–H groups in total. The van der Waals surface area contributed by atoms with Gasteiger partial charge in [-0.05, 0) is 44.2 Å². The van der Waals surface area contributed by atoms with Crippen LogP contribution in [0.1, 0.15) is 26.2 Å². The summed E-state index contributed by atoms with van der Waals surface area (Å²) in [6, 6.07) is 7.41. The predicted molar refractivity (Wildman–Crippen MR) is 87.4 cm³/mol. The highest BCUT2D eigenvalue weighted by Gasteiger charge is 2.17. The third-order valence-electron chi connectivity index (χ3n) is 3.99. The number of carbonyl (C=O) groups excluding carboxylic acids is 1. The Morgan fingerprint density at radius 1 is 1.36 bits per heavy atom. The van der Waals surface area contributed by atoms with E-state index in [0.29, 0.717) is 24.0 Å². The van der Waals surface area contributed by atoms with Crippen molar-refractivity contribution in [1.29, 1.82) is 0 Å². The number of hydrogen-bond acceptors (Lipinski definition) is 3. The van der Waals surface area contributed by atoms with Crippen LogP contribution in [0, 0.1) is 5.92 Å². The fourth-order valence-electron chi connectivity index (χ4n) is 2.57. The van der Waals surface area contributed by atoms with E-state index < -0.39 is 0 Å². The Balaban J connectivity index is 1.83. The van der Waals surface area contributed by atoms with Crippen molar-refractivity contribution in [3.63, 3.8) is 0 Å². The molecule has 0 spiro atoms. The normalized spacial score (nSPS) is 15.4. The molecule has 1 fully saturated rings. The van der Waals surface area contributed by atoms with Crippen molar-refractivity contribution in [2.24, 2.45) is 5.92 Å². The molecule has 0 aliphatic carbocycles. The third kappa shape index (κ3) is 4.91. The summed E-state index contributed by atoms with van der Waals surface area (Å²) in [6.45, 7) is 4.96. The Bertz CT molecular complexity index is 473. The molecule has 0 radical (unpaired) electrons. The third-order valence-corrected chi connectivity index (χ3v) is 3.99. The summed E-state index contributed by atoms with van der Waals surface area (Å²) in [5.41, 5.74) is 0.715. The van der Waals surface area contributed by atoms with Crippen molar-refractivity contribution in [3.8, 4) is 5.75 Å². The van der Waals surface area contributed by atoms with Gasteiger partial charge in [-0.2, -0.15) is 0 Å². The first-order valence-corrected chi connectivity index (χ1v) is 8.02. The van der Waals surface area contributed by atoms with Crippen LogP contribution in [0.15, 0.2) is 24.3 Å². The lowest BCUT2D eigenvalue weighted by Crippen LogP contribution is -2.33. The van der Waals surface area contributed by atoms with Gasteiger partial charge in [0, 0.05) is 26.8 Å². The minimum Gasteiger partial charge on any atom is -0.492 e. The Morgan fingerprint density at radius 2 is 2.09 bits per heavy atom. The lowest BCUT2D eigenvalue weighted by Gasteiger charge is -2.25. The molecule has 0 atom stereocenters. The van der Waals surface area contributed by atoms with Crippen LogP contribution in [-0.4, -0.2) is 44.3 Å². The molecule has 0 unspecified atom stereocenters. The number of para-hydroxylation sites is 2. The minimum absolute atomic E-state index is 0.0980. The Labute approximate surface area is 132 Å². The predicted octanol–water partition coefficient (Wildman–Crippen LogP) is 3.37. The van der Waals surface area contributed by atoms with E-state index in [1.54, 1.807) is 4.90 Å². The molecule has 1 heterocycles. The van der Waals surface area contributed by atoms with Crippen molar-refractivity contribution in [2.75, 3.05) is 38.7 Å². The fraction of sp³-hybridized carbons (Fsp3) is 0.588. The van der Waals surface area contributed by atoms with Gasteiger partial charge in [0.25, 0.3) is 0 Å². The van der Waals surface area contributed by atoms with E-state index >= 15 is 0 Å². The van der Waals surface area contributed by atoms with E-state index in [0.717, 1.165) is 39.0 Å². The van der Waals surface area contributed by atoms with Gasteiger partial charge in [0.05, 0.1) is 12.3 Å². The number of rotatable bonds is 6. The smallest absolute Gasteiger partial charge is 0.321 e. The van der Waals surface area contributed by atoms with Crippen molar-refractivity contribution >= 4 is 11.7 Å². The van der Waals surface area contributed by atoms with Crippen molar-refractivity contribution < 1.29 is 14.3 Å². The van der Waals surface area contributed by atoms with Gasteiger partial charge >= 0.3 is 6.03 Å². The van der Waals surface area contributed by atoms with E-state index in [-0.39, 0.29) is 6.03 Å². The molecule has 122 valence electrons. The summed E-state index contributed by atoms with van der Waals surface area (Å²) in [6.07, 6.45) is 3.23. The zero-order valence-electron chi connectivity index (χ0n) is 13.5. The SMILES string of the molecule is CCOc1ccccc1NC(=O)N(C)CCC1CCOCC1. The maximum absolute atomic E-state index is 12.3. The maximum Gasteiger partial charge on any atom is 0.321 e. The highest BCUT2D eigenvalue weighted by molar-refractivity contribution is 5.90. The van der Waals surface area contributed by atoms with E-state index in [1.807, 2.05) is 38.2 Å². The van der Waals surface area contributed by atoms with Gasteiger partial charge in [-0.25, -0.2) is 4.79 Å². The van der Waals surface area contributed by atoms with Gasteiger partial charge < -0.3 is 19.7 Å². The Kier molecular flexibility index (Phi) is 6.52. The van der Waals surface area contributed by atoms with Gasteiger partial charge in [-0.3, -0.25) is 0 Å². The van der Waals surface area contributed by atoms with Gasteiger partial charge in [-0.15, -0.1) is 0 Å². The molecule has 5 heteroatoms. The number of anilines is 1. The van der Waals surface area contributed by atoms with Crippen LogP contribution in [0.2, 0.25) is 0 Å². The first-order chi connectivity index (χ1) is 10.7. The Hall–Kier alpha value is -1.75. The van der Waals surface area contributed by atoms with E-state index in [1.165, 1.54) is 0 Å². The largest absolute Gasteiger partial charge is 0.492 e. The molecule has 1 aromatic carbocycles. The van der Waals surface area contributed by atoms with Crippen LogP contribution >= 0.6 is 0 Å². The number of benzene rings is 1. The molecule has 1 aliphatic heterocycles. The highest BCUT2D eigenvalue weighted by atomic mass is 16.5. The average molecular weight is 306 g/mol. The first-order valence-electron chi connectivity index (χ1n) is 8.02. The number of hydrogen-bond donors (Lipinski definition) is 1. The summed E-state index contributed by atoms with van der Waals surface area (Å²) in [5.74, 6) is 1.37. The molecule has 2 rings (SSSR count). The molecule has 0 bridgehead atoms. The van der Waals surface area contributed by atoms with Crippen LogP contribution in [-0.2, 0) is 4.74 Å². The topological polar surface area (TPSA) is 50.8 Å². The molecule has 0 saturated carbocycles. The molecule has 22 heavy (non-hydrogen) atoms. The van der Waals surface area contributed by atoms with E-state index in [2.05, 4.69) is 5.32 Å². The summed E-state index contributed by atoms with van der Waals surface area (Å²) < 4.78 is 10.9. The second-order valence-electron chi connectivity index (χ2n) is 5.63. The van der Waals surface area contributed by atoms with Crippen LogP contribution in [0.4, 0.5) is 10.5 Å². The van der Waals surface area contributed by atoms with Gasteiger partial charge in [-0.1, -0.05) is 12.1 Å². The number of carbonyl (C=O) groups is 1. The van der Waals surface area contributed by atoms with Gasteiger partial charge in [0.1, 0.15) is 5.75 Å². The number of urea groups is 1. The molecule has 1 aliphatic rings. The molecule has 5 nitrogen and oxygen atoms in total. The number of nitrogens with zero attached hydrogens (tertiary/aromatic N) is 1. The summed E-state index contributed by atoms with van der Waals surface area (Å²) in [7, 11) is 1.83. The number of amides is 2. The zero-order chi connectivity index (χ0) is 15.8. The molecule has 2 amide bonds. The minimum atomic E-state index is -0.0980. The van der Waals surface area contributed by atoms with Gasteiger partial charge in [0.15, 0.2) is 0 Å². The van der Waals surface area contributed by atoms with Crippen LogP contribution in [0.3, 0.4) is 0 Å². The highest BCUT2D eigenvalue weighted by Crippen LogP contribution is 2.24. The van der Waals surface area contributed by atoms with Crippen molar-refractivity contribution in [1.82, 2.24) is 4.90 Å². The first kappa shape index (κ1) is 16.6. The Morgan fingerprint density at radius 3 is 2.82 bits per heavy atom. The van der Waals surface area contributed by atoms with Crippen LogP contribution in [0.5, 0.6) is 5.75 Å². The maximum atomic E-state index is 12.3. The molecule has 1 saturated heterocycles. The lowest BCUT2D eigenvalue weighted by molar-refractivity contribution is 0.0621. The zero-order valence-corrected chi connectivity index (χ0v) is 13.5. The molecule has 1 aromatic rings. The number of ether oxygens (including phenoxy) is 2. The van der Waals surface area contributed by atoms with Crippen LogP contribution < -0.4 is 10.1 Å². The quantitative estimate of drug-likeness (QED) is 0.876. The average Bonchev–Trinajstić information content (AvgIpc) is 2.55. The van der Waals surface area contributed by atoms with Crippen molar-refractivity contribution in [2.45, 2.75) is 26.2 Å². The summed E-state index contributed by atoms with van der Waals surface area (Å²) >= 11 is 0. The van der Waals surface area contributed by atoms with Crippen LogP contribution in [0.25, 0.3) is 0 Å². The molecular formula is C17H26N2O3. The fourth-order valence-corrected chi connectivity index (χ4v) is 2.57.